The van der Waals surface area contributed by atoms with Crippen LogP contribution in [-0.4, -0.2) is 31.2 Å². The molecule has 6 heteroatoms. The van der Waals surface area contributed by atoms with E-state index in [0.29, 0.717) is 17.2 Å². The summed E-state index contributed by atoms with van der Waals surface area (Å²) in [5.74, 6) is -0.656. The van der Waals surface area contributed by atoms with Crippen molar-refractivity contribution in [1.82, 2.24) is 0 Å². The normalized spacial score (nSPS) is 28.4. The van der Waals surface area contributed by atoms with Gasteiger partial charge in [-0.2, -0.15) is 0 Å². The van der Waals surface area contributed by atoms with Crippen molar-refractivity contribution < 1.29 is 24.2 Å². The lowest BCUT2D eigenvalue weighted by Gasteiger charge is -2.27. The standard InChI is InChI=1S/C17H21NO5/c1-22-12-6-5-11(8-13(12)23-2)18-16(19)14-9-3-4-10(7-9)15(14)17(20)21/h5-6,8-10,14-15H,3-4,7H2,1-2H3,(H,18,19)(H,20,21)/t9-,10-,14+,15-/m0/s1. The maximum absolute atomic E-state index is 12.6. The molecule has 0 aliphatic heterocycles. The van der Waals surface area contributed by atoms with Gasteiger partial charge in [-0.1, -0.05) is 0 Å². The molecule has 0 unspecified atom stereocenters. The molecule has 3 rings (SSSR count). The number of hydrogen-bond acceptors (Lipinski definition) is 4. The summed E-state index contributed by atoms with van der Waals surface area (Å²) >= 11 is 0. The molecule has 0 saturated heterocycles. The van der Waals surface area contributed by atoms with Gasteiger partial charge in [0.1, 0.15) is 0 Å². The van der Waals surface area contributed by atoms with Gasteiger partial charge in [0, 0.05) is 11.8 Å². The van der Waals surface area contributed by atoms with Gasteiger partial charge in [0.05, 0.1) is 26.1 Å². The molecule has 2 saturated carbocycles. The van der Waals surface area contributed by atoms with Crippen LogP contribution in [0.5, 0.6) is 11.5 Å². The van der Waals surface area contributed by atoms with Crippen LogP contribution in [0.2, 0.25) is 0 Å². The van der Waals surface area contributed by atoms with E-state index < -0.39 is 17.8 Å². The molecule has 4 atom stereocenters. The van der Waals surface area contributed by atoms with Gasteiger partial charge < -0.3 is 19.9 Å². The lowest BCUT2D eigenvalue weighted by atomic mass is 9.78. The quantitative estimate of drug-likeness (QED) is 0.870. The van der Waals surface area contributed by atoms with E-state index in [2.05, 4.69) is 5.32 Å². The molecule has 1 amide bonds. The third-order valence-corrected chi connectivity index (χ3v) is 5.16. The summed E-state index contributed by atoms with van der Waals surface area (Å²) < 4.78 is 10.4. The number of anilines is 1. The minimum atomic E-state index is -0.857. The Bertz CT molecular complexity index is 629. The third-order valence-electron chi connectivity index (χ3n) is 5.16. The molecule has 2 aliphatic rings. The third kappa shape index (κ3) is 2.73. The number of rotatable bonds is 5. The Morgan fingerprint density at radius 2 is 1.74 bits per heavy atom. The predicted molar refractivity (Wildman–Crippen MR) is 83.6 cm³/mol. The highest BCUT2D eigenvalue weighted by Gasteiger charge is 2.53. The van der Waals surface area contributed by atoms with Crippen molar-refractivity contribution in [2.75, 3.05) is 19.5 Å². The van der Waals surface area contributed by atoms with Gasteiger partial charge in [0.2, 0.25) is 5.91 Å². The number of ether oxygens (including phenoxy) is 2. The Morgan fingerprint density at radius 3 is 2.35 bits per heavy atom. The van der Waals surface area contributed by atoms with Gasteiger partial charge in [0.25, 0.3) is 0 Å². The van der Waals surface area contributed by atoms with E-state index in [0.717, 1.165) is 19.3 Å². The smallest absolute Gasteiger partial charge is 0.307 e. The molecule has 2 bridgehead atoms. The first-order valence-electron chi connectivity index (χ1n) is 7.80. The van der Waals surface area contributed by atoms with Crippen LogP contribution < -0.4 is 14.8 Å². The zero-order valence-corrected chi connectivity index (χ0v) is 13.2. The molecule has 0 radical (unpaired) electrons. The monoisotopic (exact) mass is 319 g/mol. The number of hydrogen-bond donors (Lipinski definition) is 2. The number of carboxylic acid groups (broad SMARTS) is 1. The Hall–Kier alpha value is -2.24. The zero-order chi connectivity index (χ0) is 16.6. The molecule has 2 fully saturated rings. The number of fused-ring (bicyclic) bond motifs is 2. The Labute approximate surface area is 134 Å². The lowest BCUT2D eigenvalue weighted by molar-refractivity contribution is -0.148. The van der Waals surface area contributed by atoms with Crippen molar-refractivity contribution in [2.24, 2.45) is 23.7 Å². The fourth-order valence-electron chi connectivity index (χ4n) is 4.16. The highest BCUT2D eigenvalue weighted by Crippen LogP contribution is 2.52. The molecule has 1 aromatic rings. The molecule has 2 N–H and O–H groups in total. The van der Waals surface area contributed by atoms with Crippen LogP contribution in [0.4, 0.5) is 5.69 Å². The molecule has 1 aromatic carbocycles. The first-order chi connectivity index (χ1) is 11.0. The predicted octanol–water partition coefficient (Wildman–Crippen LogP) is 2.39. The minimum absolute atomic E-state index is 0.138. The number of carboxylic acids is 1. The SMILES string of the molecule is COc1ccc(NC(=O)[C@@H]2[C@H]3CC[C@@H](C3)[C@@H]2C(=O)O)cc1OC. The van der Waals surface area contributed by atoms with Crippen LogP contribution in [0.3, 0.4) is 0 Å². The second-order valence-electron chi connectivity index (χ2n) is 6.28. The van der Waals surface area contributed by atoms with E-state index in [9.17, 15) is 14.7 Å². The molecule has 0 spiro atoms. The van der Waals surface area contributed by atoms with Crippen LogP contribution in [0, 0.1) is 23.7 Å². The van der Waals surface area contributed by atoms with E-state index in [-0.39, 0.29) is 17.7 Å². The van der Waals surface area contributed by atoms with Crippen LogP contribution in [0.15, 0.2) is 18.2 Å². The fourth-order valence-corrected chi connectivity index (χ4v) is 4.16. The number of amides is 1. The highest BCUT2D eigenvalue weighted by molar-refractivity contribution is 5.96. The van der Waals surface area contributed by atoms with E-state index in [1.807, 2.05) is 0 Å². The van der Waals surface area contributed by atoms with Gasteiger partial charge in [-0.05, 0) is 43.2 Å². The minimum Gasteiger partial charge on any atom is -0.493 e. The number of methoxy groups -OCH3 is 2. The van der Waals surface area contributed by atoms with Gasteiger partial charge >= 0.3 is 5.97 Å². The molecular formula is C17H21NO5. The molecule has 0 heterocycles. The van der Waals surface area contributed by atoms with Crippen molar-refractivity contribution in [2.45, 2.75) is 19.3 Å². The maximum Gasteiger partial charge on any atom is 0.307 e. The van der Waals surface area contributed by atoms with Crippen molar-refractivity contribution in [3.8, 4) is 11.5 Å². The van der Waals surface area contributed by atoms with Gasteiger partial charge in [-0.3, -0.25) is 9.59 Å². The van der Waals surface area contributed by atoms with Crippen LogP contribution in [0.1, 0.15) is 19.3 Å². The van der Waals surface area contributed by atoms with Crippen molar-refractivity contribution >= 4 is 17.6 Å². The summed E-state index contributed by atoms with van der Waals surface area (Å²) in [7, 11) is 3.07. The highest BCUT2D eigenvalue weighted by atomic mass is 16.5. The van der Waals surface area contributed by atoms with Gasteiger partial charge in [0.15, 0.2) is 11.5 Å². The molecule has 0 aromatic heterocycles. The van der Waals surface area contributed by atoms with Crippen molar-refractivity contribution in [3.05, 3.63) is 18.2 Å². The Morgan fingerprint density at radius 1 is 1.09 bits per heavy atom. The first kappa shape index (κ1) is 15.6. The lowest BCUT2D eigenvalue weighted by Crippen LogP contribution is -2.37. The van der Waals surface area contributed by atoms with E-state index in [1.54, 1.807) is 25.3 Å². The average Bonchev–Trinajstić information content (AvgIpc) is 3.15. The van der Waals surface area contributed by atoms with E-state index in [1.165, 1.54) is 7.11 Å². The summed E-state index contributed by atoms with van der Waals surface area (Å²) in [5, 5.41) is 12.3. The number of aliphatic carboxylic acids is 1. The summed E-state index contributed by atoms with van der Waals surface area (Å²) in [5.41, 5.74) is 0.583. The first-order valence-corrected chi connectivity index (χ1v) is 7.80. The summed E-state index contributed by atoms with van der Waals surface area (Å²) in [6, 6.07) is 5.12. The number of carbonyl (C=O) groups is 2. The van der Waals surface area contributed by atoms with Crippen molar-refractivity contribution in [3.63, 3.8) is 0 Å². The number of benzene rings is 1. The summed E-state index contributed by atoms with van der Waals surface area (Å²) in [4.78, 5) is 24.2. The second-order valence-corrected chi connectivity index (χ2v) is 6.28. The van der Waals surface area contributed by atoms with E-state index >= 15 is 0 Å². The molecule has 124 valence electrons. The summed E-state index contributed by atoms with van der Waals surface area (Å²) in [6.45, 7) is 0. The van der Waals surface area contributed by atoms with Crippen LogP contribution >= 0.6 is 0 Å². The molecule has 2 aliphatic carbocycles. The molecule has 6 nitrogen and oxygen atoms in total. The fraction of sp³-hybridized carbons (Fsp3) is 0.529. The summed E-state index contributed by atoms with van der Waals surface area (Å²) in [6.07, 6.45) is 2.71. The van der Waals surface area contributed by atoms with Crippen LogP contribution in [0.25, 0.3) is 0 Å². The van der Waals surface area contributed by atoms with E-state index in [4.69, 9.17) is 9.47 Å². The zero-order valence-electron chi connectivity index (χ0n) is 13.2. The molecular weight excluding hydrogens is 298 g/mol. The average molecular weight is 319 g/mol. The second kappa shape index (κ2) is 6.10. The topological polar surface area (TPSA) is 84.9 Å². The largest absolute Gasteiger partial charge is 0.493 e. The number of carbonyl (C=O) groups excluding carboxylic acids is 1. The molecule has 23 heavy (non-hydrogen) atoms. The maximum atomic E-state index is 12.6. The van der Waals surface area contributed by atoms with Crippen LogP contribution in [-0.2, 0) is 9.59 Å². The van der Waals surface area contributed by atoms with Gasteiger partial charge in [-0.15, -0.1) is 0 Å². The van der Waals surface area contributed by atoms with Gasteiger partial charge in [-0.25, -0.2) is 0 Å². The number of nitrogens with one attached hydrogen (secondary N) is 1. The Kier molecular flexibility index (Phi) is 4.15. The Balaban J connectivity index is 1.78. The van der Waals surface area contributed by atoms with Crippen molar-refractivity contribution in [1.29, 1.82) is 0 Å².